The number of rotatable bonds is 6. The van der Waals surface area contributed by atoms with Gasteiger partial charge in [0.1, 0.15) is 23.0 Å². The molecule has 0 amide bonds. The Kier molecular flexibility index (Phi) is 4.66. The quantitative estimate of drug-likeness (QED) is 0.481. The third-order valence-electron chi connectivity index (χ3n) is 5.28. The highest BCUT2D eigenvalue weighted by molar-refractivity contribution is 6.31. The fraction of sp³-hybridized carbons (Fsp3) is 0.381. The van der Waals surface area contributed by atoms with Crippen LogP contribution in [0, 0.1) is 12.8 Å². The van der Waals surface area contributed by atoms with Crippen molar-refractivity contribution < 1.29 is 0 Å². The van der Waals surface area contributed by atoms with Crippen molar-refractivity contribution in [2.45, 2.75) is 46.2 Å². The summed E-state index contributed by atoms with van der Waals surface area (Å²) in [7, 11) is 0. The van der Waals surface area contributed by atoms with Crippen molar-refractivity contribution in [3.63, 3.8) is 0 Å². The third-order valence-corrected chi connectivity index (χ3v) is 5.56. The zero-order chi connectivity index (χ0) is 20.8. The second-order valence-corrected chi connectivity index (χ2v) is 8.43. The molecule has 4 aromatic rings. The van der Waals surface area contributed by atoms with Crippen LogP contribution in [-0.2, 0) is 6.54 Å². The van der Waals surface area contributed by atoms with E-state index in [1.54, 1.807) is 12.4 Å². The van der Waals surface area contributed by atoms with Gasteiger partial charge in [0, 0.05) is 31.0 Å². The first-order valence-electron chi connectivity index (χ1n) is 10.2. The summed E-state index contributed by atoms with van der Waals surface area (Å²) in [6.45, 7) is 7.19. The Bertz CT molecular complexity index is 1220. The van der Waals surface area contributed by atoms with E-state index in [9.17, 15) is 0 Å². The summed E-state index contributed by atoms with van der Waals surface area (Å²) in [6, 6.07) is 4.12. The Morgan fingerprint density at radius 2 is 2.03 bits per heavy atom. The van der Waals surface area contributed by atoms with Crippen LogP contribution >= 0.6 is 11.6 Å². The Balaban J connectivity index is 1.43. The summed E-state index contributed by atoms with van der Waals surface area (Å²) in [5.74, 6) is 3.57. The molecule has 4 heterocycles. The standard InChI is InChI=1S/C21H23ClN8/c1-12(2)30-13(3)25-16-9-24-19(8-17(16)30)26-18-6-7-23-21(27-18)15-11-29(28-20(15)22)10-14-4-5-14/h6-9,11-12,14H,4-5,10H2,1-3H3,(H,23,24,26,27). The molecule has 9 heteroatoms. The van der Waals surface area contributed by atoms with Gasteiger partial charge in [-0.3, -0.25) is 4.68 Å². The minimum Gasteiger partial charge on any atom is -0.326 e. The first-order chi connectivity index (χ1) is 14.5. The van der Waals surface area contributed by atoms with E-state index in [0.717, 1.165) is 29.0 Å². The molecule has 0 unspecified atom stereocenters. The van der Waals surface area contributed by atoms with Gasteiger partial charge in [-0.05, 0) is 45.6 Å². The zero-order valence-electron chi connectivity index (χ0n) is 17.2. The van der Waals surface area contributed by atoms with E-state index in [1.165, 1.54) is 12.8 Å². The van der Waals surface area contributed by atoms with Gasteiger partial charge in [0.05, 0.1) is 17.3 Å². The maximum absolute atomic E-state index is 6.36. The number of anilines is 2. The van der Waals surface area contributed by atoms with Crippen molar-refractivity contribution in [2.75, 3.05) is 5.32 Å². The minimum atomic E-state index is 0.310. The second kappa shape index (κ2) is 7.36. The highest BCUT2D eigenvalue weighted by Gasteiger charge is 2.23. The van der Waals surface area contributed by atoms with Crippen molar-refractivity contribution in [1.82, 2.24) is 34.3 Å². The number of nitrogens with zero attached hydrogens (tertiary/aromatic N) is 7. The van der Waals surface area contributed by atoms with Crippen molar-refractivity contribution >= 4 is 34.3 Å². The first-order valence-corrected chi connectivity index (χ1v) is 10.5. The number of halogens is 1. The number of hydrogen-bond acceptors (Lipinski definition) is 6. The van der Waals surface area contributed by atoms with Gasteiger partial charge in [0.2, 0.25) is 0 Å². The van der Waals surface area contributed by atoms with Crippen molar-refractivity contribution in [3.05, 3.63) is 41.7 Å². The number of hydrogen-bond donors (Lipinski definition) is 1. The van der Waals surface area contributed by atoms with Crippen molar-refractivity contribution in [2.24, 2.45) is 5.92 Å². The lowest BCUT2D eigenvalue weighted by Crippen LogP contribution is -2.03. The zero-order valence-corrected chi connectivity index (χ0v) is 17.9. The minimum absolute atomic E-state index is 0.310. The lowest BCUT2D eigenvalue weighted by molar-refractivity contribution is 0.563. The fourth-order valence-electron chi connectivity index (χ4n) is 3.73. The Hall–Kier alpha value is -3.00. The Morgan fingerprint density at radius 1 is 1.20 bits per heavy atom. The second-order valence-electron chi connectivity index (χ2n) is 8.07. The molecule has 0 aromatic carbocycles. The highest BCUT2D eigenvalue weighted by atomic mass is 35.5. The lowest BCUT2D eigenvalue weighted by atomic mass is 10.3. The topological polar surface area (TPSA) is 86.3 Å². The molecule has 4 aromatic heterocycles. The monoisotopic (exact) mass is 422 g/mol. The van der Waals surface area contributed by atoms with Gasteiger partial charge >= 0.3 is 0 Å². The molecular formula is C21H23ClN8. The summed E-state index contributed by atoms with van der Waals surface area (Å²) < 4.78 is 4.09. The summed E-state index contributed by atoms with van der Waals surface area (Å²) in [4.78, 5) is 18.1. The lowest BCUT2D eigenvalue weighted by Gasteiger charge is -2.11. The number of imidazole rings is 1. The molecule has 1 N–H and O–H groups in total. The summed E-state index contributed by atoms with van der Waals surface area (Å²) in [5.41, 5.74) is 2.65. The number of pyridine rings is 1. The normalized spacial score (nSPS) is 14.0. The van der Waals surface area contributed by atoms with E-state index >= 15 is 0 Å². The van der Waals surface area contributed by atoms with Crippen LogP contribution in [0.3, 0.4) is 0 Å². The molecule has 0 aliphatic heterocycles. The molecule has 0 spiro atoms. The van der Waals surface area contributed by atoms with Crippen LogP contribution < -0.4 is 5.32 Å². The highest BCUT2D eigenvalue weighted by Crippen LogP contribution is 2.32. The number of fused-ring (bicyclic) bond motifs is 1. The molecule has 30 heavy (non-hydrogen) atoms. The summed E-state index contributed by atoms with van der Waals surface area (Å²) in [6.07, 6.45) is 7.93. The number of aryl methyl sites for hydroxylation is 1. The predicted octanol–water partition coefficient (Wildman–Crippen LogP) is 4.78. The van der Waals surface area contributed by atoms with E-state index in [4.69, 9.17) is 11.6 Å². The van der Waals surface area contributed by atoms with Gasteiger partial charge in [-0.25, -0.2) is 19.9 Å². The Labute approximate surface area is 179 Å². The molecule has 0 saturated heterocycles. The van der Waals surface area contributed by atoms with Crippen LogP contribution in [0.25, 0.3) is 22.4 Å². The smallest absolute Gasteiger partial charge is 0.166 e. The van der Waals surface area contributed by atoms with Crippen LogP contribution in [0.1, 0.15) is 38.6 Å². The molecule has 0 radical (unpaired) electrons. The van der Waals surface area contributed by atoms with Crippen molar-refractivity contribution in [1.29, 1.82) is 0 Å². The molecule has 1 aliphatic carbocycles. The maximum atomic E-state index is 6.36. The van der Waals surface area contributed by atoms with Gasteiger partial charge in [-0.2, -0.15) is 5.10 Å². The number of nitrogens with one attached hydrogen (secondary N) is 1. The number of aromatic nitrogens is 7. The third kappa shape index (κ3) is 3.63. The van der Waals surface area contributed by atoms with E-state index in [1.807, 2.05) is 29.9 Å². The Morgan fingerprint density at radius 3 is 2.80 bits per heavy atom. The van der Waals surface area contributed by atoms with Gasteiger partial charge in [0.15, 0.2) is 11.0 Å². The average Bonchev–Trinajstić information content (AvgIpc) is 3.34. The largest absolute Gasteiger partial charge is 0.326 e. The van der Waals surface area contributed by atoms with Crippen molar-refractivity contribution in [3.8, 4) is 11.4 Å². The van der Waals surface area contributed by atoms with Crippen LogP contribution in [0.5, 0.6) is 0 Å². The molecule has 1 fully saturated rings. The molecule has 5 rings (SSSR count). The molecule has 0 atom stereocenters. The summed E-state index contributed by atoms with van der Waals surface area (Å²) in [5, 5.41) is 8.10. The molecule has 154 valence electrons. The van der Waals surface area contributed by atoms with Gasteiger partial charge in [0.25, 0.3) is 0 Å². The van der Waals surface area contributed by atoms with Gasteiger partial charge < -0.3 is 9.88 Å². The summed E-state index contributed by atoms with van der Waals surface area (Å²) >= 11 is 6.36. The van der Waals surface area contributed by atoms with Gasteiger partial charge in [-0.1, -0.05) is 11.6 Å². The fourth-order valence-corrected chi connectivity index (χ4v) is 3.97. The van der Waals surface area contributed by atoms with E-state index < -0.39 is 0 Å². The van der Waals surface area contributed by atoms with E-state index in [2.05, 4.69) is 48.8 Å². The van der Waals surface area contributed by atoms with Crippen LogP contribution in [-0.4, -0.2) is 34.3 Å². The molecule has 1 aliphatic rings. The SMILES string of the molecule is Cc1nc2cnc(Nc3ccnc(-c4cn(CC5CC5)nc4Cl)n3)cc2n1C(C)C. The average molecular weight is 423 g/mol. The van der Waals surface area contributed by atoms with Crippen LogP contribution in [0.2, 0.25) is 5.15 Å². The van der Waals surface area contributed by atoms with Crippen LogP contribution in [0.4, 0.5) is 11.6 Å². The molecular weight excluding hydrogens is 400 g/mol. The molecule has 0 bridgehead atoms. The van der Waals surface area contributed by atoms with Crippen LogP contribution in [0.15, 0.2) is 30.7 Å². The molecule has 8 nitrogen and oxygen atoms in total. The van der Waals surface area contributed by atoms with E-state index in [-0.39, 0.29) is 0 Å². The van der Waals surface area contributed by atoms with E-state index in [0.29, 0.717) is 34.6 Å². The first kappa shape index (κ1) is 19.0. The van der Waals surface area contributed by atoms with Gasteiger partial charge in [-0.15, -0.1) is 0 Å². The molecule has 1 saturated carbocycles. The predicted molar refractivity (Wildman–Crippen MR) is 117 cm³/mol. The maximum Gasteiger partial charge on any atom is 0.166 e.